The number of aryl methyl sites for hydroxylation is 1. The molecule has 2 aromatic rings. The van der Waals surface area contributed by atoms with Gasteiger partial charge >= 0.3 is 6.18 Å². The highest BCUT2D eigenvalue weighted by atomic mass is 19.4. The number of carbonyl (C=O) groups excluding carboxylic acids is 1. The van der Waals surface area contributed by atoms with Crippen molar-refractivity contribution in [3.63, 3.8) is 0 Å². The maximum Gasteiger partial charge on any atom is 0.408 e. The van der Waals surface area contributed by atoms with Crippen LogP contribution in [0.25, 0.3) is 0 Å². The summed E-state index contributed by atoms with van der Waals surface area (Å²) in [5.41, 5.74) is 2.20. The summed E-state index contributed by atoms with van der Waals surface area (Å²) < 4.78 is 38.3. The molecule has 0 aliphatic rings. The third kappa shape index (κ3) is 4.12. The molecule has 0 radical (unpaired) electrons. The van der Waals surface area contributed by atoms with Crippen LogP contribution in [0, 0.1) is 13.8 Å². The highest BCUT2D eigenvalue weighted by Crippen LogP contribution is 2.21. The fourth-order valence-corrected chi connectivity index (χ4v) is 2.21. The van der Waals surface area contributed by atoms with Crippen LogP contribution in [0.3, 0.4) is 0 Å². The van der Waals surface area contributed by atoms with E-state index in [9.17, 15) is 18.0 Å². The molecule has 0 saturated heterocycles. The first-order chi connectivity index (χ1) is 10.3. The van der Waals surface area contributed by atoms with Crippen molar-refractivity contribution < 1.29 is 18.0 Å². The largest absolute Gasteiger partial charge is 0.408 e. The Morgan fingerprint density at radius 1 is 1.41 bits per heavy atom. The molecule has 2 heterocycles. The fourth-order valence-electron chi connectivity index (χ4n) is 2.21. The van der Waals surface area contributed by atoms with Gasteiger partial charge in [0, 0.05) is 23.1 Å². The van der Waals surface area contributed by atoms with Crippen LogP contribution in [0.1, 0.15) is 22.6 Å². The third-order valence-corrected chi connectivity index (χ3v) is 3.34. The van der Waals surface area contributed by atoms with Gasteiger partial charge in [-0.2, -0.15) is 18.3 Å². The zero-order valence-corrected chi connectivity index (χ0v) is 12.3. The molecule has 22 heavy (non-hydrogen) atoms. The lowest BCUT2D eigenvalue weighted by atomic mass is 10.1. The Balaban J connectivity index is 2.01. The Kier molecular flexibility index (Phi) is 4.58. The number of amides is 1. The van der Waals surface area contributed by atoms with E-state index < -0.39 is 12.7 Å². The molecule has 0 spiro atoms. The number of rotatable bonds is 5. The summed E-state index contributed by atoms with van der Waals surface area (Å²) in [6.45, 7) is 2.34. The quantitative estimate of drug-likeness (QED) is 0.889. The second-order valence-electron chi connectivity index (χ2n) is 5.07. The van der Waals surface area contributed by atoms with E-state index >= 15 is 0 Å². The second kappa shape index (κ2) is 6.25. The van der Waals surface area contributed by atoms with Crippen LogP contribution in [0.15, 0.2) is 18.3 Å². The van der Waals surface area contributed by atoms with Gasteiger partial charge in [0.05, 0.1) is 18.7 Å². The molecule has 120 valence electrons. The van der Waals surface area contributed by atoms with Crippen molar-refractivity contribution in [2.45, 2.75) is 39.5 Å². The number of halogens is 3. The number of aromatic nitrogens is 3. The van der Waals surface area contributed by atoms with Crippen molar-refractivity contribution in [3.05, 3.63) is 41.0 Å². The molecule has 8 heteroatoms. The molecule has 5 nitrogen and oxygen atoms in total. The van der Waals surface area contributed by atoms with Gasteiger partial charge in [-0.05, 0) is 26.0 Å². The van der Waals surface area contributed by atoms with Gasteiger partial charge < -0.3 is 10.3 Å². The Morgan fingerprint density at radius 3 is 2.73 bits per heavy atom. The molecule has 0 saturated carbocycles. The fraction of sp³-hybridized carbons (Fsp3) is 0.429. The minimum Gasteiger partial charge on any atom is -0.364 e. The Hall–Kier alpha value is -2.25. The molecular weight excluding hydrogens is 297 g/mol. The van der Waals surface area contributed by atoms with E-state index in [2.05, 4.69) is 15.4 Å². The number of aromatic amines is 1. The molecule has 2 rings (SSSR count). The molecule has 1 amide bonds. The molecule has 0 atom stereocenters. The predicted molar refractivity (Wildman–Crippen MR) is 74.1 cm³/mol. The van der Waals surface area contributed by atoms with Crippen molar-refractivity contribution in [1.29, 1.82) is 0 Å². The van der Waals surface area contributed by atoms with E-state index in [0.29, 0.717) is 23.5 Å². The van der Waals surface area contributed by atoms with Crippen LogP contribution in [0.2, 0.25) is 0 Å². The molecule has 0 unspecified atom stereocenters. The summed E-state index contributed by atoms with van der Waals surface area (Å²) in [6, 6.07) is 3.65. The molecule has 0 aliphatic carbocycles. The lowest BCUT2D eigenvalue weighted by Crippen LogP contribution is -2.25. The van der Waals surface area contributed by atoms with Crippen LogP contribution in [-0.4, -0.2) is 26.8 Å². The average molecular weight is 314 g/mol. The van der Waals surface area contributed by atoms with Crippen LogP contribution < -0.4 is 5.32 Å². The van der Waals surface area contributed by atoms with Crippen LogP contribution >= 0.6 is 0 Å². The van der Waals surface area contributed by atoms with Gasteiger partial charge in [0.15, 0.2) is 0 Å². The second-order valence-corrected chi connectivity index (χ2v) is 5.07. The normalized spacial score (nSPS) is 11.7. The van der Waals surface area contributed by atoms with Crippen LogP contribution in [-0.2, 0) is 24.3 Å². The van der Waals surface area contributed by atoms with Gasteiger partial charge in [0.2, 0.25) is 5.91 Å². The van der Waals surface area contributed by atoms with Crippen LogP contribution in [0.4, 0.5) is 13.2 Å². The van der Waals surface area contributed by atoms with Crippen molar-refractivity contribution in [3.8, 4) is 0 Å². The Morgan fingerprint density at radius 2 is 2.14 bits per heavy atom. The van der Waals surface area contributed by atoms with Gasteiger partial charge in [-0.1, -0.05) is 0 Å². The predicted octanol–water partition coefficient (Wildman–Crippen LogP) is 2.25. The topological polar surface area (TPSA) is 62.7 Å². The first kappa shape index (κ1) is 16.1. The number of hydrogen-bond donors (Lipinski definition) is 2. The summed E-state index contributed by atoms with van der Waals surface area (Å²) in [5.74, 6) is -0.257. The van der Waals surface area contributed by atoms with Crippen molar-refractivity contribution in [2.24, 2.45) is 0 Å². The highest BCUT2D eigenvalue weighted by molar-refractivity contribution is 5.79. The van der Waals surface area contributed by atoms with E-state index in [1.807, 2.05) is 12.1 Å². The highest BCUT2D eigenvalue weighted by Gasteiger charge is 2.30. The molecule has 0 bridgehead atoms. The molecule has 0 aliphatic heterocycles. The minimum atomic E-state index is -4.34. The molecule has 2 N–H and O–H groups in total. The average Bonchev–Trinajstić information content (AvgIpc) is 2.99. The lowest BCUT2D eigenvalue weighted by Gasteiger charge is -2.09. The SMILES string of the molecule is Cc1nn(CC(F)(F)F)c(C)c1CC(=O)NCc1ccc[nH]1. The van der Waals surface area contributed by atoms with Gasteiger partial charge in [0.25, 0.3) is 0 Å². The van der Waals surface area contributed by atoms with Crippen molar-refractivity contribution in [2.75, 3.05) is 0 Å². The number of carbonyl (C=O) groups is 1. The minimum absolute atomic E-state index is 0.0102. The number of nitrogens with one attached hydrogen (secondary N) is 2. The maximum absolute atomic E-state index is 12.5. The molecule has 0 fully saturated rings. The monoisotopic (exact) mass is 314 g/mol. The first-order valence-corrected chi connectivity index (χ1v) is 6.75. The Bertz CT molecular complexity index is 644. The Labute approximate surface area is 125 Å². The summed E-state index contributed by atoms with van der Waals surface area (Å²) in [4.78, 5) is 14.9. The van der Waals surface area contributed by atoms with Crippen molar-refractivity contribution >= 4 is 5.91 Å². The third-order valence-electron chi connectivity index (χ3n) is 3.34. The van der Waals surface area contributed by atoms with E-state index in [-0.39, 0.29) is 12.3 Å². The number of nitrogens with zero attached hydrogens (tertiary/aromatic N) is 2. The summed E-state index contributed by atoms with van der Waals surface area (Å²) in [7, 11) is 0. The van der Waals surface area contributed by atoms with Gasteiger partial charge in [-0.25, -0.2) is 0 Å². The van der Waals surface area contributed by atoms with Crippen molar-refractivity contribution in [1.82, 2.24) is 20.1 Å². The van der Waals surface area contributed by atoms with Crippen LogP contribution in [0.5, 0.6) is 0 Å². The summed E-state index contributed by atoms with van der Waals surface area (Å²) in [5, 5.41) is 6.59. The standard InChI is InChI=1S/C14H17F3N4O/c1-9-12(10(2)21(20-9)8-14(15,16)17)6-13(22)19-7-11-4-3-5-18-11/h3-5,18H,6-8H2,1-2H3,(H,19,22). The van der Waals surface area contributed by atoms with E-state index in [0.717, 1.165) is 10.4 Å². The van der Waals surface area contributed by atoms with Gasteiger partial charge in [-0.15, -0.1) is 0 Å². The van der Waals surface area contributed by atoms with E-state index in [1.54, 1.807) is 20.0 Å². The molecular formula is C14H17F3N4O. The van der Waals surface area contributed by atoms with Gasteiger partial charge in [-0.3, -0.25) is 9.48 Å². The molecule has 0 aromatic carbocycles. The smallest absolute Gasteiger partial charge is 0.364 e. The number of H-pyrrole nitrogens is 1. The lowest BCUT2D eigenvalue weighted by molar-refractivity contribution is -0.142. The zero-order chi connectivity index (χ0) is 16.3. The van der Waals surface area contributed by atoms with E-state index in [1.165, 1.54) is 0 Å². The zero-order valence-electron chi connectivity index (χ0n) is 12.3. The number of hydrogen-bond acceptors (Lipinski definition) is 2. The summed E-state index contributed by atoms with van der Waals surface area (Å²) >= 11 is 0. The molecule has 2 aromatic heterocycles. The van der Waals surface area contributed by atoms with Gasteiger partial charge in [0.1, 0.15) is 6.54 Å². The summed E-state index contributed by atoms with van der Waals surface area (Å²) in [6.07, 6.45) is -2.58. The van der Waals surface area contributed by atoms with E-state index in [4.69, 9.17) is 0 Å². The maximum atomic E-state index is 12.5. The first-order valence-electron chi connectivity index (χ1n) is 6.75. The number of alkyl halides is 3.